The molecular formula is C28H32ClN3O. The Balaban J connectivity index is 1.37. The molecule has 0 bridgehead atoms. The molecule has 0 aliphatic carbocycles. The van der Waals surface area contributed by atoms with E-state index >= 15 is 0 Å². The van der Waals surface area contributed by atoms with Gasteiger partial charge in [-0.2, -0.15) is 0 Å². The summed E-state index contributed by atoms with van der Waals surface area (Å²) in [6, 6.07) is 23.9. The van der Waals surface area contributed by atoms with Crippen LogP contribution in [0.5, 0.6) is 5.75 Å². The van der Waals surface area contributed by atoms with Crippen LogP contribution in [0.1, 0.15) is 24.0 Å². The van der Waals surface area contributed by atoms with E-state index in [0.29, 0.717) is 12.6 Å². The van der Waals surface area contributed by atoms with E-state index in [1.165, 1.54) is 29.7 Å². The minimum absolute atomic E-state index is 0.500. The first-order valence-corrected chi connectivity index (χ1v) is 12.2. The van der Waals surface area contributed by atoms with Crippen molar-refractivity contribution < 1.29 is 4.74 Å². The molecule has 0 spiro atoms. The van der Waals surface area contributed by atoms with Gasteiger partial charge < -0.3 is 14.5 Å². The number of ether oxygens (including phenoxy) is 1. The van der Waals surface area contributed by atoms with Crippen LogP contribution in [-0.2, 0) is 13.0 Å². The quantitative estimate of drug-likeness (QED) is 0.438. The summed E-state index contributed by atoms with van der Waals surface area (Å²) in [5, 5.41) is 0.766. The summed E-state index contributed by atoms with van der Waals surface area (Å²) in [6.07, 6.45) is 3.53. The molecule has 2 aliphatic rings. The van der Waals surface area contributed by atoms with E-state index in [4.69, 9.17) is 16.3 Å². The van der Waals surface area contributed by atoms with Gasteiger partial charge in [-0.25, -0.2) is 0 Å². The molecular weight excluding hydrogens is 430 g/mol. The second-order valence-corrected chi connectivity index (χ2v) is 9.72. The second kappa shape index (κ2) is 9.66. The van der Waals surface area contributed by atoms with Crippen LogP contribution in [0.3, 0.4) is 0 Å². The second-order valence-electron chi connectivity index (χ2n) is 9.29. The van der Waals surface area contributed by atoms with Crippen LogP contribution < -0.4 is 14.5 Å². The monoisotopic (exact) mass is 461 g/mol. The van der Waals surface area contributed by atoms with Gasteiger partial charge in [-0.3, -0.25) is 4.90 Å². The molecule has 1 atom stereocenters. The third-order valence-electron chi connectivity index (χ3n) is 6.88. The highest BCUT2D eigenvalue weighted by atomic mass is 35.5. The number of fused-ring (bicyclic) bond motifs is 2. The number of benzene rings is 3. The fraction of sp³-hybridized carbons (Fsp3) is 0.357. The lowest BCUT2D eigenvalue weighted by atomic mass is 10.1. The van der Waals surface area contributed by atoms with Crippen molar-refractivity contribution in [1.29, 1.82) is 0 Å². The van der Waals surface area contributed by atoms with Crippen molar-refractivity contribution in [2.75, 3.05) is 43.5 Å². The molecule has 0 aromatic heterocycles. The Morgan fingerprint density at radius 1 is 1.00 bits per heavy atom. The average Bonchev–Trinajstić information content (AvgIpc) is 3.21. The first-order valence-electron chi connectivity index (χ1n) is 11.9. The van der Waals surface area contributed by atoms with E-state index in [9.17, 15) is 0 Å². The number of hydrogen-bond donors (Lipinski definition) is 0. The zero-order valence-electron chi connectivity index (χ0n) is 19.5. The van der Waals surface area contributed by atoms with E-state index in [1.54, 1.807) is 0 Å². The van der Waals surface area contributed by atoms with Gasteiger partial charge in [-0.05, 0) is 67.8 Å². The van der Waals surface area contributed by atoms with Crippen molar-refractivity contribution >= 4 is 28.7 Å². The van der Waals surface area contributed by atoms with Gasteiger partial charge in [0.25, 0.3) is 0 Å². The zero-order valence-corrected chi connectivity index (χ0v) is 20.3. The smallest absolute Gasteiger partial charge is 0.143 e. The number of hydrogen-bond acceptors (Lipinski definition) is 4. The normalized spacial score (nSPS) is 17.8. The maximum Gasteiger partial charge on any atom is 0.143 e. The molecule has 172 valence electrons. The summed E-state index contributed by atoms with van der Waals surface area (Å²) >= 11 is 6.44. The average molecular weight is 462 g/mol. The standard InChI is InChI=1S/C28H32ClN3O/c1-30(2)24-8-5-7-21(17-24)14-16-31-15-6-9-25(31)19-32-26-10-3-4-11-28(26)33-20-22-12-13-23(29)18-27(22)32/h3-5,7-8,10-13,17-18,25H,6,9,14-16,19-20H2,1-2H3. The minimum atomic E-state index is 0.500. The highest BCUT2D eigenvalue weighted by Gasteiger charge is 2.30. The van der Waals surface area contributed by atoms with Gasteiger partial charge in [0.2, 0.25) is 0 Å². The number of nitrogens with zero attached hydrogens (tertiary/aromatic N) is 3. The first-order chi connectivity index (χ1) is 16.1. The van der Waals surface area contributed by atoms with Gasteiger partial charge >= 0.3 is 0 Å². The van der Waals surface area contributed by atoms with Crippen molar-refractivity contribution in [2.45, 2.75) is 31.9 Å². The van der Waals surface area contributed by atoms with Gasteiger partial charge in [0.05, 0.1) is 5.69 Å². The maximum atomic E-state index is 6.44. The largest absolute Gasteiger partial charge is 0.487 e. The lowest BCUT2D eigenvalue weighted by Gasteiger charge is -2.33. The zero-order chi connectivity index (χ0) is 22.8. The number of halogens is 1. The van der Waals surface area contributed by atoms with Crippen LogP contribution in [0.4, 0.5) is 17.1 Å². The molecule has 1 saturated heterocycles. The predicted octanol–water partition coefficient (Wildman–Crippen LogP) is 6.14. The van der Waals surface area contributed by atoms with Crippen LogP contribution in [-0.4, -0.2) is 44.7 Å². The maximum absolute atomic E-state index is 6.44. The van der Waals surface area contributed by atoms with Crippen molar-refractivity contribution in [2.24, 2.45) is 0 Å². The molecule has 4 nitrogen and oxygen atoms in total. The van der Waals surface area contributed by atoms with E-state index in [0.717, 1.165) is 48.2 Å². The van der Waals surface area contributed by atoms with E-state index in [2.05, 4.69) is 83.4 Å². The number of rotatable bonds is 6. The third kappa shape index (κ3) is 4.83. The van der Waals surface area contributed by atoms with E-state index in [-0.39, 0.29) is 0 Å². The van der Waals surface area contributed by atoms with Crippen LogP contribution in [0, 0.1) is 0 Å². The summed E-state index contributed by atoms with van der Waals surface area (Å²) in [5.41, 5.74) is 6.14. The fourth-order valence-corrected chi connectivity index (χ4v) is 5.23. The lowest BCUT2D eigenvalue weighted by Crippen LogP contribution is -2.39. The molecule has 0 radical (unpaired) electrons. The van der Waals surface area contributed by atoms with Gasteiger partial charge in [-0.15, -0.1) is 0 Å². The van der Waals surface area contributed by atoms with Gasteiger partial charge in [0, 0.05) is 55.2 Å². The molecule has 3 aromatic carbocycles. The Morgan fingerprint density at radius 2 is 1.88 bits per heavy atom. The highest BCUT2D eigenvalue weighted by Crippen LogP contribution is 2.41. The topological polar surface area (TPSA) is 19.0 Å². The van der Waals surface area contributed by atoms with Crippen LogP contribution in [0.25, 0.3) is 0 Å². The van der Waals surface area contributed by atoms with Crippen molar-refractivity contribution in [3.05, 3.63) is 82.9 Å². The van der Waals surface area contributed by atoms with Gasteiger partial charge in [0.15, 0.2) is 0 Å². The lowest BCUT2D eigenvalue weighted by molar-refractivity contribution is 0.261. The molecule has 0 saturated carbocycles. The van der Waals surface area contributed by atoms with Gasteiger partial charge in [0.1, 0.15) is 12.4 Å². The van der Waals surface area contributed by atoms with Crippen LogP contribution >= 0.6 is 11.6 Å². The molecule has 33 heavy (non-hydrogen) atoms. The van der Waals surface area contributed by atoms with Crippen molar-refractivity contribution in [1.82, 2.24) is 4.90 Å². The Labute approximate surface area is 202 Å². The van der Waals surface area contributed by atoms with Crippen LogP contribution in [0.2, 0.25) is 5.02 Å². The Kier molecular flexibility index (Phi) is 6.48. The molecule has 5 rings (SSSR count). The van der Waals surface area contributed by atoms with E-state index < -0.39 is 0 Å². The van der Waals surface area contributed by atoms with Crippen molar-refractivity contribution in [3.63, 3.8) is 0 Å². The third-order valence-corrected chi connectivity index (χ3v) is 7.12. The fourth-order valence-electron chi connectivity index (χ4n) is 5.06. The molecule has 2 aliphatic heterocycles. The summed E-state index contributed by atoms with van der Waals surface area (Å²) in [4.78, 5) is 7.27. The predicted molar refractivity (Wildman–Crippen MR) is 138 cm³/mol. The minimum Gasteiger partial charge on any atom is -0.487 e. The molecule has 1 fully saturated rings. The molecule has 0 N–H and O–H groups in total. The van der Waals surface area contributed by atoms with Crippen LogP contribution in [0.15, 0.2) is 66.7 Å². The number of para-hydroxylation sites is 2. The molecule has 5 heteroatoms. The summed E-state index contributed by atoms with van der Waals surface area (Å²) < 4.78 is 6.17. The molecule has 2 heterocycles. The summed E-state index contributed by atoms with van der Waals surface area (Å²) in [6.45, 7) is 3.74. The first kappa shape index (κ1) is 22.1. The Bertz CT molecular complexity index is 1120. The highest BCUT2D eigenvalue weighted by molar-refractivity contribution is 6.30. The van der Waals surface area contributed by atoms with E-state index in [1.807, 2.05) is 12.1 Å². The molecule has 1 unspecified atom stereocenters. The van der Waals surface area contributed by atoms with Gasteiger partial charge in [-0.1, -0.05) is 41.9 Å². The summed E-state index contributed by atoms with van der Waals surface area (Å²) in [7, 11) is 4.20. The Morgan fingerprint density at radius 3 is 2.76 bits per heavy atom. The summed E-state index contributed by atoms with van der Waals surface area (Å²) in [5.74, 6) is 0.940. The molecule has 0 amide bonds. The Hall–Kier alpha value is -2.69. The number of likely N-dealkylation sites (tertiary alicyclic amines) is 1. The SMILES string of the molecule is CN(C)c1cccc(CCN2CCCC2CN2c3cc(Cl)ccc3COc3ccccc32)c1. The number of anilines is 3. The van der Waals surface area contributed by atoms with Crippen molar-refractivity contribution in [3.8, 4) is 5.75 Å². The molecule has 3 aromatic rings.